The molecular formula is C17H18N6O. The summed E-state index contributed by atoms with van der Waals surface area (Å²) in [6, 6.07) is 9.81. The van der Waals surface area contributed by atoms with Gasteiger partial charge in [0.05, 0.1) is 5.69 Å². The van der Waals surface area contributed by atoms with Gasteiger partial charge in [0.2, 0.25) is 5.95 Å². The zero-order chi connectivity index (χ0) is 17.1. The quantitative estimate of drug-likeness (QED) is 0.669. The van der Waals surface area contributed by atoms with E-state index in [0.29, 0.717) is 23.9 Å². The number of hydrogen-bond donors (Lipinski definition) is 0. The Labute approximate surface area is 140 Å². The van der Waals surface area contributed by atoms with Crippen LogP contribution in [0.4, 0.5) is 17.3 Å². The molecule has 0 spiro atoms. The lowest BCUT2D eigenvalue weighted by Gasteiger charge is -2.19. The predicted molar refractivity (Wildman–Crippen MR) is 93.2 cm³/mol. The summed E-state index contributed by atoms with van der Waals surface area (Å²) >= 11 is 0. The maximum absolute atomic E-state index is 11.4. The van der Waals surface area contributed by atoms with Crippen LogP contribution in [-0.2, 0) is 6.42 Å². The zero-order valence-corrected chi connectivity index (χ0v) is 13.8. The van der Waals surface area contributed by atoms with Crippen molar-refractivity contribution < 1.29 is 0 Å². The van der Waals surface area contributed by atoms with Crippen LogP contribution in [0.3, 0.4) is 0 Å². The average Bonchev–Trinajstić information content (AvgIpc) is 3.06. The fourth-order valence-corrected chi connectivity index (χ4v) is 2.50. The molecule has 0 amide bonds. The van der Waals surface area contributed by atoms with Crippen LogP contribution in [0.1, 0.15) is 18.4 Å². The van der Waals surface area contributed by atoms with Crippen molar-refractivity contribution in [2.24, 2.45) is 5.18 Å². The molecule has 7 nitrogen and oxygen atoms in total. The van der Waals surface area contributed by atoms with Crippen molar-refractivity contribution in [2.75, 3.05) is 11.9 Å². The van der Waals surface area contributed by atoms with Crippen molar-refractivity contribution in [3.8, 4) is 5.82 Å². The fraction of sp³-hybridized carbons (Fsp3) is 0.235. The van der Waals surface area contributed by atoms with Gasteiger partial charge in [-0.2, -0.15) is 4.98 Å². The van der Waals surface area contributed by atoms with Gasteiger partial charge >= 0.3 is 0 Å². The molecule has 0 unspecified atom stereocenters. The smallest absolute Gasteiger partial charge is 0.232 e. The Morgan fingerprint density at radius 3 is 2.54 bits per heavy atom. The van der Waals surface area contributed by atoms with Gasteiger partial charge in [-0.3, -0.25) is 4.57 Å². The standard InChI is InChI=1S/C17H18N6O/c1-4-14-15(21-24)16(23-11-10-18-12(23)2)20-17(19-14)22(3)13-8-6-5-7-9-13/h5-11H,4H2,1-3H3. The van der Waals surface area contributed by atoms with Crippen molar-refractivity contribution in [3.05, 3.63) is 59.2 Å². The molecule has 0 aliphatic heterocycles. The summed E-state index contributed by atoms with van der Waals surface area (Å²) in [6.07, 6.45) is 4.01. The molecule has 0 radical (unpaired) electrons. The number of rotatable bonds is 5. The number of benzene rings is 1. The normalized spacial score (nSPS) is 10.6. The minimum absolute atomic E-state index is 0.254. The van der Waals surface area contributed by atoms with Crippen LogP contribution in [0.25, 0.3) is 5.82 Å². The fourth-order valence-electron chi connectivity index (χ4n) is 2.50. The molecule has 0 atom stereocenters. The van der Waals surface area contributed by atoms with Crippen LogP contribution >= 0.6 is 0 Å². The summed E-state index contributed by atoms with van der Waals surface area (Å²) < 4.78 is 1.75. The second kappa shape index (κ2) is 6.57. The number of aromatic nitrogens is 4. The number of imidazole rings is 1. The molecule has 3 aromatic rings. The Bertz CT molecular complexity index is 859. The highest BCUT2D eigenvalue weighted by Crippen LogP contribution is 2.30. The molecule has 0 aliphatic rings. The maximum Gasteiger partial charge on any atom is 0.232 e. The Morgan fingerprint density at radius 2 is 1.96 bits per heavy atom. The molecular weight excluding hydrogens is 304 g/mol. The first-order valence-corrected chi connectivity index (χ1v) is 7.69. The molecule has 7 heteroatoms. The second-order valence-corrected chi connectivity index (χ2v) is 5.33. The van der Waals surface area contributed by atoms with E-state index in [1.807, 2.05) is 56.1 Å². The maximum atomic E-state index is 11.4. The largest absolute Gasteiger partial charge is 0.314 e. The minimum atomic E-state index is 0.254. The van der Waals surface area contributed by atoms with E-state index in [-0.39, 0.29) is 5.69 Å². The molecule has 2 heterocycles. The summed E-state index contributed by atoms with van der Waals surface area (Å²) in [4.78, 5) is 26.6. The predicted octanol–water partition coefficient (Wildman–Crippen LogP) is 3.70. The monoisotopic (exact) mass is 322 g/mol. The third-order valence-corrected chi connectivity index (χ3v) is 3.85. The number of nitrogens with zero attached hydrogens (tertiary/aromatic N) is 6. The van der Waals surface area contributed by atoms with E-state index < -0.39 is 0 Å². The summed E-state index contributed by atoms with van der Waals surface area (Å²) in [5, 5.41) is 3.17. The lowest BCUT2D eigenvalue weighted by molar-refractivity contribution is 0.882. The summed E-state index contributed by atoms with van der Waals surface area (Å²) in [5.74, 6) is 1.69. The minimum Gasteiger partial charge on any atom is -0.314 e. The van der Waals surface area contributed by atoms with Crippen LogP contribution in [0.5, 0.6) is 0 Å². The van der Waals surface area contributed by atoms with Crippen LogP contribution in [0.2, 0.25) is 0 Å². The van der Waals surface area contributed by atoms with Crippen LogP contribution in [-0.4, -0.2) is 26.6 Å². The molecule has 0 N–H and O–H groups in total. The first-order chi connectivity index (χ1) is 11.7. The van der Waals surface area contributed by atoms with E-state index in [9.17, 15) is 4.91 Å². The van der Waals surface area contributed by atoms with Crippen molar-refractivity contribution in [2.45, 2.75) is 20.3 Å². The van der Waals surface area contributed by atoms with Gasteiger partial charge in [-0.05, 0) is 30.7 Å². The topological polar surface area (TPSA) is 76.3 Å². The molecule has 3 rings (SSSR count). The number of aryl methyl sites for hydroxylation is 2. The Kier molecular flexibility index (Phi) is 4.33. The third-order valence-electron chi connectivity index (χ3n) is 3.85. The molecule has 2 aromatic heterocycles. The first-order valence-electron chi connectivity index (χ1n) is 7.69. The van der Waals surface area contributed by atoms with Gasteiger partial charge in [0.1, 0.15) is 5.82 Å². The van der Waals surface area contributed by atoms with Crippen molar-refractivity contribution >= 4 is 17.3 Å². The zero-order valence-electron chi connectivity index (χ0n) is 13.8. The van der Waals surface area contributed by atoms with E-state index >= 15 is 0 Å². The Balaban J connectivity index is 2.18. The third kappa shape index (κ3) is 2.76. The molecule has 1 aromatic carbocycles. The Morgan fingerprint density at radius 1 is 1.21 bits per heavy atom. The van der Waals surface area contributed by atoms with E-state index in [4.69, 9.17) is 0 Å². The van der Waals surface area contributed by atoms with E-state index in [1.165, 1.54) is 0 Å². The molecule has 0 saturated heterocycles. The van der Waals surface area contributed by atoms with Gasteiger partial charge in [0.25, 0.3) is 0 Å². The summed E-state index contributed by atoms with van der Waals surface area (Å²) in [5.41, 5.74) is 1.82. The lowest BCUT2D eigenvalue weighted by atomic mass is 10.2. The first kappa shape index (κ1) is 15.8. The molecule has 0 aliphatic carbocycles. The van der Waals surface area contributed by atoms with E-state index in [1.54, 1.807) is 17.0 Å². The van der Waals surface area contributed by atoms with Crippen LogP contribution < -0.4 is 4.90 Å². The molecule has 0 bridgehead atoms. The molecule has 24 heavy (non-hydrogen) atoms. The van der Waals surface area contributed by atoms with Gasteiger partial charge < -0.3 is 4.90 Å². The average molecular weight is 322 g/mol. The van der Waals surface area contributed by atoms with Crippen molar-refractivity contribution in [1.82, 2.24) is 19.5 Å². The van der Waals surface area contributed by atoms with Gasteiger partial charge in [-0.15, -0.1) is 4.91 Å². The highest BCUT2D eigenvalue weighted by atomic mass is 16.3. The number of hydrogen-bond acceptors (Lipinski definition) is 6. The van der Waals surface area contributed by atoms with Crippen molar-refractivity contribution in [3.63, 3.8) is 0 Å². The van der Waals surface area contributed by atoms with Crippen LogP contribution in [0, 0.1) is 11.8 Å². The van der Waals surface area contributed by atoms with Crippen molar-refractivity contribution in [1.29, 1.82) is 0 Å². The highest BCUT2D eigenvalue weighted by molar-refractivity contribution is 5.63. The number of anilines is 2. The van der Waals surface area contributed by atoms with Gasteiger partial charge in [-0.1, -0.05) is 25.1 Å². The highest BCUT2D eigenvalue weighted by Gasteiger charge is 2.19. The molecule has 0 fully saturated rings. The van der Waals surface area contributed by atoms with Crippen LogP contribution in [0.15, 0.2) is 47.9 Å². The second-order valence-electron chi connectivity index (χ2n) is 5.33. The van der Waals surface area contributed by atoms with Gasteiger partial charge in [-0.25, -0.2) is 9.97 Å². The van der Waals surface area contributed by atoms with Gasteiger partial charge in [0, 0.05) is 25.1 Å². The van der Waals surface area contributed by atoms with Gasteiger partial charge in [0.15, 0.2) is 11.5 Å². The summed E-state index contributed by atoms with van der Waals surface area (Å²) in [7, 11) is 1.89. The lowest BCUT2D eigenvalue weighted by Crippen LogP contribution is -2.16. The summed E-state index contributed by atoms with van der Waals surface area (Å²) in [6.45, 7) is 3.79. The number of nitroso groups, excluding NO2 is 1. The Hall–Kier alpha value is -3.09. The SMILES string of the molecule is CCc1nc(N(C)c2ccccc2)nc(-n2ccnc2C)c1N=O. The molecule has 122 valence electrons. The van der Waals surface area contributed by atoms with E-state index in [2.05, 4.69) is 20.1 Å². The number of para-hydroxylation sites is 1. The molecule has 0 saturated carbocycles. The van der Waals surface area contributed by atoms with E-state index in [0.717, 1.165) is 11.5 Å².